The molecular formula is C18H20F3N3O2. The molecule has 5 nitrogen and oxygen atoms in total. The zero-order chi connectivity index (χ0) is 18.9. The molecule has 8 heteroatoms. The van der Waals surface area contributed by atoms with Crippen molar-refractivity contribution in [1.82, 2.24) is 15.1 Å². The summed E-state index contributed by atoms with van der Waals surface area (Å²) in [6.07, 6.45) is -2.86. The first kappa shape index (κ1) is 18.3. The minimum Gasteiger partial charge on any atom is -0.497 e. The van der Waals surface area contributed by atoms with Gasteiger partial charge < -0.3 is 10.1 Å². The summed E-state index contributed by atoms with van der Waals surface area (Å²) in [5.74, 6) is 0.384. The molecule has 1 aromatic carbocycles. The Morgan fingerprint density at radius 2 is 2.00 bits per heavy atom. The number of amides is 1. The Morgan fingerprint density at radius 1 is 1.35 bits per heavy atom. The molecule has 1 aliphatic carbocycles. The first-order valence-corrected chi connectivity index (χ1v) is 8.36. The SMILES string of the molecule is COc1ccc(C(C)NC(=O)Cn2nc(C(F)(F)F)cc2C2CC2)cc1. The van der Waals surface area contributed by atoms with Crippen molar-refractivity contribution in [2.45, 2.75) is 44.4 Å². The molecule has 1 fully saturated rings. The summed E-state index contributed by atoms with van der Waals surface area (Å²) >= 11 is 0. The molecule has 0 bridgehead atoms. The molecule has 1 aromatic heterocycles. The van der Waals surface area contributed by atoms with Gasteiger partial charge in [0.05, 0.1) is 13.2 Å². The highest BCUT2D eigenvalue weighted by Gasteiger charge is 2.38. The fourth-order valence-electron chi connectivity index (χ4n) is 2.80. The summed E-state index contributed by atoms with van der Waals surface area (Å²) in [6.45, 7) is 1.58. The highest BCUT2D eigenvalue weighted by molar-refractivity contribution is 5.76. The zero-order valence-corrected chi connectivity index (χ0v) is 14.5. The van der Waals surface area contributed by atoms with Crippen LogP contribution >= 0.6 is 0 Å². The van der Waals surface area contributed by atoms with E-state index in [9.17, 15) is 18.0 Å². The van der Waals surface area contributed by atoms with Crippen LogP contribution in [0.3, 0.4) is 0 Å². The maximum absolute atomic E-state index is 12.9. The van der Waals surface area contributed by atoms with Gasteiger partial charge in [-0.3, -0.25) is 9.48 Å². The van der Waals surface area contributed by atoms with E-state index in [1.54, 1.807) is 19.2 Å². The van der Waals surface area contributed by atoms with E-state index < -0.39 is 11.9 Å². The normalized spacial score (nSPS) is 15.6. The van der Waals surface area contributed by atoms with Crippen LogP contribution < -0.4 is 10.1 Å². The van der Waals surface area contributed by atoms with E-state index >= 15 is 0 Å². The van der Waals surface area contributed by atoms with Gasteiger partial charge in [-0.05, 0) is 43.5 Å². The number of alkyl halides is 3. The van der Waals surface area contributed by atoms with Gasteiger partial charge in [0, 0.05) is 11.6 Å². The van der Waals surface area contributed by atoms with Crippen molar-refractivity contribution < 1.29 is 22.7 Å². The first-order chi connectivity index (χ1) is 12.3. The summed E-state index contributed by atoms with van der Waals surface area (Å²) in [5.41, 5.74) is 0.401. The second-order valence-electron chi connectivity index (χ2n) is 6.45. The van der Waals surface area contributed by atoms with E-state index in [0.29, 0.717) is 11.4 Å². The number of carbonyl (C=O) groups is 1. The summed E-state index contributed by atoms with van der Waals surface area (Å²) < 4.78 is 45.0. The van der Waals surface area contributed by atoms with Crippen LogP contribution in [0.5, 0.6) is 5.75 Å². The predicted octanol–water partition coefficient (Wildman–Crippen LogP) is 3.67. The van der Waals surface area contributed by atoms with Crippen LogP contribution in [0, 0.1) is 0 Å². The molecule has 0 aliphatic heterocycles. The van der Waals surface area contributed by atoms with Crippen molar-refractivity contribution in [2.24, 2.45) is 0 Å². The van der Waals surface area contributed by atoms with E-state index in [1.165, 1.54) is 4.68 Å². The molecule has 1 N–H and O–H groups in total. The van der Waals surface area contributed by atoms with E-state index in [4.69, 9.17) is 4.74 Å². The first-order valence-electron chi connectivity index (χ1n) is 8.36. The number of ether oxygens (including phenoxy) is 1. The van der Waals surface area contributed by atoms with Gasteiger partial charge in [-0.1, -0.05) is 12.1 Å². The maximum Gasteiger partial charge on any atom is 0.435 e. The number of hydrogen-bond acceptors (Lipinski definition) is 3. The average molecular weight is 367 g/mol. The molecular weight excluding hydrogens is 347 g/mol. The minimum absolute atomic E-state index is 0.0606. The van der Waals surface area contributed by atoms with Crippen LogP contribution in [0.2, 0.25) is 0 Å². The summed E-state index contributed by atoms with van der Waals surface area (Å²) in [7, 11) is 1.57. The Bertz CT molecular complexity index is 780. The van der Waals surface area contributed by atoms with Crippen LogP contribution in [0.15, 0.2) is 30.3 Å². The summed E-state index contributed by atoms with van der Waals surface area (Å²) in [4.78, 5) is 12.3. The van der Waals surface area contributed by atoms with E-state index in [-0.39, 0.29) is 24.4 Å². The maximum atomic E-state index is 12.9. The molecule has 1 heterocycles. The van der Waals surface area contributed by atoms with Gasteiger partial charge in [0.1, 0.15) is 12.3 Å². The van der Waals surface area contributed by atoms with Gasteiger partial charge >= 0.3 is 6.18 Å². The molecule has 1 unspecified atom stereocenters. The Kier molecular flexibility index (Phi) is 4.93. The zero-order valence-electron chi connectivity index (χ0n) is 14.5. The van der Waals surface area contributed by atoms with Crippen LogP contribution in [-0.4, -0.2) is 22.8 Å². The number of rotatable bonds is 6. The molecule has 1 atom stereocenters. The van der Waals surface area contributed by atoms with Crippen LogP contribution in [0.25, 0.3) is 0 Å². The Balaban J connectivity index is 1.68. The third-order valence-corrected chi connectivity index (χ3v) is 4.38. The van der Waals surface area contributed by atoms with Crippen molar-refractivity contribution >= 4 is 5.91 Å². The number of carbonyl (C=O) groups excluding carboxylic acids is 1. The second-order valence-corrected chi connectivity index (χ2v) is 6.45. The molecule has 1 saturated carbocycles. The molecule has 0 radical (unpaired) electrons. The minimum atomic E-state index is -4.51. The number of benzene rings is 1. The lowest BCUT2D eigenvalue weighted by atomic mass is 10.1. The quantitative estimate of drug-likeness (QED) is 0.848. The molecule has 3 rings (SSSR count). The summed E-state index contributed by atoms with van der Waals surface area (Å²) in [6, 6.07) is 8.00. The fraction of sp³-hybridized carbons (Fsp3) is 0.444. The smallest absolute Gasteiger partial charge is 0.435 e. The molecule has 1 aliphatic rings. The topological polar surface area (TPSA) is 56.1 Å². The van der Waals surface area contributed by atoms with Gasteiger partial charge in [0.15, 0.2) is 5.69 Å². The van der Waals surface area contributed by atoms with Crippen molar-refractivity contribution in [1.29, 1.82) is 0 Å². The molecule has 2 aromatic rings. The van der Waals surface area contributed by atoms with Crippen LogP contribution in [-0.2, 0) is 17.5 Å². The molecule has 140 valence electrons. The second kappa shape index (κ2) is 7.01. The largest absolute Gasteiger partial charge is 0.497 e. The average Bonchev–Trinajstić information content (AvgIpc) is 3.34. The molecule has 0 spiro atoms. The Morgan fingerprint density at radius 3 is 2.54 bits per heavy atom. The highest BCUT2D eigenvalue weighted by Crippen LogP contribution is 2.42. The monoisotopic (exact) mass is 367 g/mol. The summed E-state index contributed by atoms with van der Waals surface area (Å²) in [5, 5.41) is 6.39. The lowest BCUT2D eigenvalue weighted by molar-refractivity contribution is -0.141. The van der Waals surface area contributed by atoms with Crippen LogP contribution in [0.4, 0.5) is 13.2 Å². The standard InChI is InChI=1S/C18H20F3N3O2/c1-11(12-5-7-14(26-2)8-6-12)22-17(25)10-24-15(13-3-4-13)9-16(23-24)18(19,20)21/h5-9,11,13H,3-4,10H2,1-2H3,(H,22,25). The van der Waals surface area contributed by atoms with Gasteiger partial charge in [-0.2, -0.15) is 18.3 Å². The van der Waals surface area contributed by atoms with Crippen molar-refractivity contribution in [3.05, 3.63) is 47.3 Å². The third kappa shape index (κ3) is 4.17. The number of nitrogens with zero attached hydrogens (tertiary/aromatic N) is 2. The fourth-order valence-corrected chi connectivity index (χ4v) is 2.80. The number of methoxy groups -OCH3 is 1. The third-order valence-electron chi connectivity index (χ3n) is 4.38. The number of hydrogen-bond donors (Lipinski definition) is 1. The van der Waals surface area contributed by atoms with Gasteiger partial charge in [0.25, 0.3) is 0 Å². The molecule has 0 saturated heterocycles. The lowest BCUT2D eigenvalue weighted by Crippen LogP contribution is -2.31. The van der Waals surface area contributed by atoms with Gasteiger partial charge in [-0.15, -0.1) is 0 Å². The van der Waals surface area contributed by atoms with Crippen molar-refractivity contribution in [3.8, 4) is 5.75 Å². The Labute approximate surface area is 149 Å². The van der Waals surface area contributed by atoms with E-state index in [1.807, 2.05) is 19.1 Å². The van der Waals surface area contributed by atoms with Gasteiger partial charge in [-0.25, -0.2) is 0 Å². The number of aromatic nitrogens is 2. The number of nitrogens with one attached hydrogen (secondary N) is 1. The number of halogens is 3. The Hall–Kier alpha value is -2.51. The lowest BCUT2D eigenvalue weighted by Gasteiger charge is -2.15. The van der Waals surface area contributed by atoms with Crippen molar-refractivity contribution in [3.63, 3.8) is 0 Å². The van der Waals surface area contributed by atoms with Gasteiger partial charge in [0.2, 0.25) is 5.91 Å². The van der Waals surface area contributed by atoms with E-state index in [0.717, 1.165) is 24.5 Å². The molecule has 26 heavy (non-hydrogen) atoms. The van der Waals surface area contributed by atoms with Crippen LogP contribution in [0.1, 0.15) is 48.7 Å². The van der Waals surface area contributed by atoms with E-state index in [2.05, 4.69) is 10.4 Å². The highest BCUT2D eigenvalue weighted by atomic mass is 19.4. The predicted molar refractivity (Wildman–Crippen MR) is 88.8 cm³/mol. The molecule has 1 amide bonds. The van der Waals surface area contributed by atoms with Crippen molar-refractivity contribution in [2.75, 3.05) is 7.11 Å².